The van der Waals surface area contributed by atoms with Crippen LogP contribution in [-0.2, 0) is 59.7 Å². The highest BCUT2D eigenvalue weighted by atomic mass is 32.2. The average molecular weight is 850 g/mol. The van der Waals surface area contributed by atoms with Gasteiger partial charge < -0.3 is 78.0 Å². The molecule has 3 heterocycles. The molecule has 30 heteroatoms. The van der Waals surface area contributed by atoms with Crippen molar-refractivity contribution in [3.05, 3.63) is 12.7 Å². The Hall–Kier alpha value is -2.97. The van der Waals surface area contributed by atoms with Crippen LogP contribution in [0.2, 0.25) is 0 Å². The van der Waals surface area contributed by atoms with Crippen LogP contribution in [0.4, 0.5) is 5.82 Å². The lowest BCUT2D eigenvalue weighted by Gasteiger charge is -2.36. The van der Waals surface area contributed by atoms with E-state index in [0.717, 1.165) is 17.2 Å². The fourth-order valence-corrected chi connectivity index (χ4v) is 7.56. The van der Waals surface area contributed by atoms with Crippen LogP contribution in [-0.4, -0.2) is 110 Å². The van der Waals surface area contributed by atoms with Gasteiger partial charge in [0.25, 0.3) is 15.6 Å². The van der Waals surface area contributed by atoms with Gasteiger partial charge in [-0.05, 0) is 0 Å². The Morgan fingerprint density at radius 3 is 2.46 bits per heavy atom. The lowest BCUT2D eigenvalue weighted by Crippen LogP contribution is -2.46. The van der Waals surface area contributed by atoms with Crippen LogP contribution in [0.25, 0.3) is 11.2 Å². The van der Waals surface area contributed by atoms with Gasteiger partial charge in [0, 0.05) is 30.7 Å². The van der Waals surface area contributed by atoms with Gasteiger partial charge in [-0.2, -0.15) is 0 Å². The molecule has 2 amide bonds. The molecule has 0 bridgehead atoms. The summed E-state index contributed by atoms with van der Waals surface area (Å²) in [5.74, 6) is -2.25. The quantitative estimate of drug-likeness (QED) is 0.0246. The Morgan fingerprint density at radius 2 is 1.80 bits per heavy atom. The highest BCUT2D eigenvalue weighted by Gasteiger charge is 2.47. The smallest absolute Gasteiger partial charge is 0.325 e. The number of phosphoric acid groups is 3. The number of aliphatic hydroxyl groups is 2. The van der Waals surface area contributed by atoms with Crippen LogP contribution in [0.15, 0.2) is 12.7 Å². The number of nitrogens with two attached hydrogens (primary N) is 1. The van der Waals surface area contributed by atoms with Crippen molar-refractivity contribution in [2.75, 3.05) is 37.8 Å². The number of amides is 2. The topological polar surface area (TPSA) is 401 Å². The summed E-state index contributed by atoms with van der Waals surface area (Å²) >= 11 is 0.714. The van der Waals surface area contributed by atoms with Crippen molar-refractivity contribution in [1.29, 1.82) is 0 Å². The molecule has 1 aliphatic rings. The molecule has 7 atom stereocenters. The predicted octanol–water partition coefficient (Wildman–Crippen LogP) is -4.34. The molecule has 3 rings (SSSR count). The number of carbonyl (C=O) groups is 4. The van der Waals surface area contributed by atoms with E-state index in [4.69, 9.17) is 10.5 Å². The van der Waals surface area contributed by atoms with Gasteiger partial charge in [0.1, 0.15) is 49.0 Å². The second-order valence-electron chi connectivity index (χ2n) is 11.6. The molecule has 26 nitrogen and oxygen atoms in total. The van der Waals surface area contributed by atoms with E-state index in [1.807, 2.05) is 0 Å². The highest BCUT2D eigenvalue weighted by Crippen LogP contribution is 2.56. The number of nitrogens with zero attached hydrogens (tertiary/aromatic N) is 4. The van der Waals surface area contributed by atoms with Gasteiger partial charge in [0.15, 0.2) is 17.7 Å². The number of ether oxygens (including phenoxy) is 1. The monoisotopic (exact) mass is 849 g/mol. The molecule has 0 aliphatic carbocycles. The molecule has 304 valence electrons. The zero-order valence-electron chi connectivity index (χ0n) is 28.0. The molecule has 7 unspecified atom stereocenters. The lowest BCUT2D eigenvalue weighted by molar-refractivity contribution is -0.347. The number of aromatic nitrogens is 4. The summed E-state index contributed by atoms with van der Waals surface area (Å²) < 4.78 is 64.9. The van der Waals surface area contributed by atoms with Gasteiger partial charge in [-0.25, -0.2) is 19.3 Å². The zero-order chi connectivity index (χ0) is 40.5. The summed E-state index contributed by atoms with van der Waals surface area (Å²) in [5.41, 5.74) is 4.02. The number of imidazole rings is 1. The molecule has 0 radical (unpaired) electrons. The molecule has 6 N–H and O–H groups in total. The number of hydrogen-bond donors (Lipinski definition) is 5. The average Bonchev–Trinajstić information content (AvgIpc) is 3.62. The van der Waals surface area contributed by atoms with Crippen molar-refractivity contribution in [2.45, 2.75) is 57.3 Å². The molecule has 1 aliphatic heterocycles. The maximum Gasteiger partial charge on any atom is 0.325 e. The van der Waals surface area contributed by atoms with Crippen LogP contribution in [0, 0.1) is 5.41 Å². The van der Waals surface area contributed by atoms with Gasteiger partial charge in [-0.1, -0.05) is 13.8 Å². The highest BCUT2D eigenvalue weighted by molar-refractivity contribution is 7.95. The summed E-state index contributed by atoms with van der Waals surface area (Å²) in [6.07, 6.45) is -7.76. The van der Waals surface area contributed by atoms with Crippen molar-refractivity contribution >= 4 is 76.6 Å². The van der Waals surface area contributed by atoms with E-state index in [0.29, 0.717) is 18.3 Å². The molecule has 54 heavy (non-hydrogen) atoms. The molecule has 1 fully saturated rings. The summed E-state index contributed by atoms with van der Waals surface area (Å²) in [6.45, 7) is -0.149. The van der Waals surface area contributed by atoms with Crippen LogP contribution in [0.1, 0.15) is 32.9 Å². The standard InChI is InChI=1S/C24H38N7O19P3S/c1-24(2,19(36)22(37)27-5-3-14(33)26-6-8-54-49-15(34)4-7-32)10-46-53(43,44)50-52(41,42)45-9-13-18(48-51(38,39)40)17(35)23(47-13)31-12-30-16-20(25)28-11-29-21(16)31/h7,11-13,17-19,23,35-36H,3-6,8-10H2,1-2H3,(H,26,33)(H,27,37)(H,41,42)(H,43,44)(H2,25,28,29)(H2,38,39,40)/p-4. The number of phosphoric ester groups is 3. The van der Waals surface area contributed by atoms with E-state index in [-0.39, 0.29) is 42.2 Å². The molecular formula is C24H34N7O19P3S-4. The van der Waals surface area contributed by atoms with E-state index < -0.39 is 96.9 Å². The Bertz CT molecular complexity index is 1800. The third kappa shape index (κ3) is 13.6. The molecular weight excluding hydrogens is 815 g/mol. The van der Waals surface area contributed by atoms with Crippen molar-refractivity contribution in [1.82, 2.24) is 30.2 Å². The minimum atomic E-state index is -5.92. The largest absolute Gasteiger partial charge is 0.790 e. The first-order chi connectivity index (χ1) is 25.1. The Balaban J connectivity index is 1.50. The number of aldehydes is 1. The van der Waals surface area contributed by atoms with Crippen molar-refractivity contribution in [2.24, 2.45) is 5.41 Å². The third-order valence-corrected chi connectivity index (χ3v) is 10.6. The van der Waals surface area contributed by atoms with E-state index >= 15 is 0 Å². The van der Waals surface area contributed by atoms with Gasteiger partial charge in [0.05, 0.1) is 39.4 Å². The number of rotatable bonds is 22. The Kier molecular flexibility index (Phi) is 16.2. The maximum atomic E-state index is 12.5. The number of hydrogen-bond acceptors (Lipinski definition) is 24. The summed E-state index contributed by atoms with van der Waals surface area (Å²) in [5, 5.41) is 25.9. The van der Waals surface area contributed by atoms with Crippen molar-refractivity contribution < 1.29 is 89.5 Å². The fourth-order valence-electron chi connectivity index (χ4n) is 4.36. The van der Waals surface area contributed by atoms with Crippen LogP contribution < -0.4 is 35.9 Å². The molecule has 1 saturated heterocycles. The van der Waals surface area contributed by atoms with Crippen LogP contribution >= 0.6 is 35.5 Å². The second kappa shape index (κ2) is 19.3. The van der Waals surface area contributed by atoms with Gasteiger partial charge in [-0.15, -0.1) is 0 Å². The Morgan fingerprint density at radius 1 is 1.11 bits per heavy atom. The number of aliphatic hydroxyl groups excluding tert-OH is 2. The number of nitrogens with one attached hydrogen (secondary N) is 2. The zero-order valence-corrected chi connectivity index (χ0v) is 31.5. The second-order valence-corrected chi connectivity index (χ2v) is 16.5. The minimum Gasteiger partial charge on any atom is -0.790 e. The SMILES string of the molecule is CC(C)(COP(=O)([O-])OP(=O)([O-])OCC1OC(n2cnc3c(N)ncnc32)C(O)C1OP(=O)([O-])[O-])C(O)C(=O)NCCC(=O)NCCSOC(=O)CC=O. The van der Waals surface area contributed by atoms with E-state index in [9.17, 15) is 62.7 Å². The van der Waals surface area contributed by atoms with Crippen LogP contribution in [0.5, 0.6) is 0 Å². The van der Waals surface area contributed by atoms with Gasteiger partial charge in [0.2, 0.25) is 11.8 Å². The first-order valence-electron chi connectivity index (χ1n) is 15.1. The van der Waals surface area contributed by atoms with Gasteiger partial charge >= 0.3 is 5.97 Å². The number of nitrogen functional groups attached to an aromatic ring is 1. The predicted molar refractivity (Wildman–Crippen MR) is 170 cm³/mol. The van der Waals surface area contributed by atoms with Crippen molar-refractivity contribution in [3.8, 4) is 0 Å². The van der Waals surface area contributed by atoms with Crippen LogP contribution in [0.3, 0.4) is 0 Å². The van der Waals surface area contributed by atoms with Gasteiger partial charge in [-0.3, -0.25) is 28.1 Å². The van der Waals surface area contributed by atoms with Crippen molar-refractivity contribution in [3.63, 3.8) is 0 Å². The summed E-state index contributed by atoms with van der Waals surface area (Å²) in [7, 11) is -17.6. The number of anilines is 1. The molecule has 2 aromatic heterocycles. The summed E-state index contributed by atoms with van der Waals surface area (Å²) in [6, 6.07) is 0. The number of fused-ring (bicyclic) bond motifs is 1. The number of carbonyl (C=O) groups excluding carboxylic acids is 4. The lowest BCUT2D eigenvalue weighted by atomic mass is 9.87. The maximum absolute atomic E-state index is 12.5. The molecule has 0 saturated carbocycles. The first kappa shape index (κ1) is 45.4. The molecule has 2 aromatic rings. The molecule has 0 spiro atoms. The molecule has 0 aromatic carbocycles. The Labute approximate surface area is 309 Å². The minimum absolute atomic E-state index is 0.0299. The van der Waals surface area contributed by atoms with E-state index in [1.165, 1.54) is 13.8 Å². The normalized spacial score (nSPS) is 21.9. The first-order valence-corrected chi connectivity index (χ1v) is 20.4. The summed E-state index contributed by atoms with van der Waals surface area (Å²) in [4.78, 5) is 105. The third-order valence-electron chi connectivity index (χ3n) is 6.96. The van der Waals surface area contributed by atoms with E-state index in [1.54, 1.807) is 0 Å². The van der Waals surface area contributed by atoms with E-state index in [2.05, 4.69) is 47.7 Å². The fraction of sp³-hybridized carbons (Fsp3) is 0.625.